The topological polar surface area (TPSA) is 55.6 Å². The van der Waals surface area contributed by atoms with Gasteiger partial charge in [0.25, 0.3) is 0 Å². The molecule has 3 aromatic rings. The Hall–Kier alpha value is -2.53. The van der Waals surface area contributed by atoms with Crippen LogP contribution < -0.4 is 9.64 Å². The van der Waals surface area contributed by atoms with E-state index in [1.54, 1.807) is 30.2 Å². The lowest BCUT2D eigenvalue weighted by Crippen LogP contribution is -2.24. The molecule has 2 aromatic carbocycles. The molecule has 5 nitrogen and oxygen atoms in total. The Morgan fingerprint density at radius 3 is 3.00 bits per heavy atom. The molecule has 1 amide bonds. The third-order valence-electron chi connectivity index (χ3n) is 4.21. The molecule has 24 heavy (non-hydrogen) atoms. The molecule has 0 aliphatic carbocycles. The van der Waals surface area contributed by atoms with Gasteiger partial charge in [0.05, 0.1) is 13.0 Å². The molecule has 0 spiro atoms. The zero-order chi connectivity index (χ0) is 16.7. The van der Waals surface area contributed by atoms with Gasteiger partial charge in [0.15, 0.2) is 5.58 Å². The first-order valence-electron chi connectivity index (χ1n) is 7.64. The van der Waals surface area contributed by atoms with Gasteiger partial charge < -0.3 is 14.1 Å². The molecular weight excluding hydrogens is 328 g/mol. The van der Waals surface area contributed by atoms with Gasteiger partial charge in [-0.3, -0.25) is 4.79 Å². The van der Waals surface area contributed by atoms with E-state index in [4.69, 9.17) is 20.8 Å². The van der Waals surface area contributed by atoms with Crippen LogP contribution in [0.5, 0.6) is 5.75 Å². The van der Waals surface area contributed by atoms with Crippen LogP contribution in [-0.2, 0) is 4.79 Å². The molecule has 1 aromatic heterocycles. The number of carbonyl (C=O) groups excluding carboxylic acids is 1. The maximum Gasteiger partial charge on any atom is 0.227 e. The standard InChI is InChI=1S/C18H15ClN2O3/c1-23-14-4-2-3-13(9-14)21-10-11(7-17(21)22)18-20-15-8-12(19)5-6-16(15)24-18/h2-6,8-9,11H,7,10H2,1H3/t11-/m1/s1. The van der Waals surface area contributed by atoms with Crippen molar-refractivity contribution in [2.24, 2.45) is 0 Å². The van der Waals surface area contributed by atoms with E-state index < -0.39 is 0 Å². The molecule has 122 valence electrons. The first-order valence-corrected chi connectivity index (χ1v) is 8.02. The fraction of sp³-hybridized carbons (Fsp3) is 0.222. The van der Waals surface area contributed by atoms with Gasteiger partial charge in [0, 0.05) is 29.7 Å². The first kappa shape index (κ1) is 15.0. The number of aromatic nitrogens is 1. The molecule has 6 heteroatoms. The Labute approximate surface area is 143 Å². The van der Waals surface area contributed by atoms with E-state index in [-0.39, 0.29) is 11.8 Å². The molecule has 0 N–H and O–H groups in total. The smallest absolute Gasteiger partial charge is 0.227 e. The lowest BCUT2D eigenvalue weighted by atomic mass is 10.1. The van der Waals surface area contributed by atoms with Crippen molar-refractivity contribution < 1.29 is 13.9 Å². The van der Waals surface area contributed by atoms with Gasteiger partial charge in [-0.05, 0) is 30.3 Å². The maximum absolute atomic E-state index is 12.4. The minimum Gasteiger partial charge on any atom is -0.497 e. The third-order valence-corrected chi connectivity index (χ3v) is 4.44. The number of fused-ring (bicyclic) bond motifs is 1. The molecule has 1 atom stereocenters. The molecule has 0 bridgehead atoms. The molecule has 0 unspecified atom stereocenters. The predicted molar refractivity (Wildman–Crippen MR) is 91.7 cm³/mol. The maximum atomic E-state index is 12.4. The normalized spacial score (nSPS) is 17.7. The second-order valence-electron chi connectivity index (χ2n) is 5.77. The third kappa shape index (κ3) is 2.61. The van der Waals surface area contributed by atoms with Crippen molar-refractivity contribution in [3.8, 4) is 5.75 Å². The number of nitrogens with zero attached hydrogens (tertiary/aromatic N) is 2. The summed E-state index contributed by atoms with van der Waals surface area (Å²) >= 11 is 5.99. The van der Waals surface area contributed by atoms with E-state index in [1.165, 1.54) is 0 Å². The van der Waals surface area contributed by atoms with E-state index in [2.05, 4.69) is 4.98 Å². The SMILES string of the molecule is COc1cccc(N2C[C@H](c3nc4cc(Cl)ccc4o3)CC2=O)c1. The van der Waals surface area contributed by atoms with E-state index in [0.717, 1.165) is 11.4 Å². The van der Waals surface area contributed by atoms with Gasteiger partial charge in [0.1, 0.15) is 11.3 Å². The summed E-state index contributed by atoms with van der Waals surface area (Å²) in [4.78, 5) is 18.7. The zero-order valence-electron chi connectivity index (χ0n) is 13.0. The molecule has 1 aliphatic rings. The van der Waals surface area contributed by atoms with Gasteiger partial charge in [0.2, 0.25) is 11.8 Å². The number of hydrogen-bond acceptors (Lipinski definition) is 4. The highest BCUT2D eigenvalue weighted by Gasteiger charge is 2.34. The molecule has 4 rings (SSSR count). The Balaban J connectivity index is 1.62. The monoisotopic (exact) mass is 342 g/mol. The molecule has 1 aliphatic heterocycles. The minimum atomic E-state index is -0.0742. The van der Waals surface area contributed by atoms with Crippen LogP contribution >= 0.6 is 11.6 Å². The van der Waals surface area contributed by atoms with E-state index in [9.17, 15) is 4.79 Å². The van der Waals surface area contributed by atoms with Gasteiger partial charge in [-0.15, -0.1) is 0 Å². The number of anilines is 1. The van der Waals surface area contributed by atoms with E-state index in [1.807, 2.05) is 24.3 Å². The summed E-state index contributed by atoms with van der Waals surface area (Å²) in [5.41, 5.74) is 2.22. The highest BCUT2D eigenvalue weighted by molar-refractivity contribution is 6.31. The summed E-state index contributed by atoms with van der Waals surface area (Å²) in [5.74, 6) is 1.27. The van der Waals surface area contributed by atoms with Crippen LogP contribution in [0.3, 0.4) is 0 Å². The van der Waals surface area contributed by atoms with Crippen molar-refractivity contribution in [2.75, 3.05) is 18.6 Å². The van der Waals surface area contributed by atoms with Crippen LogP contribution in [0.25, 0.3) is 11.1 Å². The Bertz CT molecular complexity index is 922. The number of rotatable bonds is 3. The van der Waals surface area contributed by atoms with Crippen molar-refractivity contribution in [2.45, 2.75) is 12.3 Å². The Kier molecular flexibility index (Phi) is 3.65. The number of hydrogen-bond donors (Lipinski definition) is 0. The van der Waals surface area contributed by atoms with Crippen molar-refractivity contribution in [3.63, 3.8) is 0 Å². The second kappa shape index (κ2) is 5.83. The molecule has 1 fully saturated rings. The second-order valence-corrected chi connectivity index (χ2v) is 6.21. The van der Waals surface area contributed by atoms with Crippen LogP contribution in [0.4, 0.5) is 5.69 Å². The lowest BCUT2D eigenvalue weighted by molar-refractivity contribution is -0.117. The highest BCUT2D eigenvalue weighted by atomic mass is 35.5. The molecular formula is C18H15ClN2O3. The van der Waals surface area contributed by atoms with E-state index in [0.29, 0.717) is 35.0 Å². The van der Waals surface area contributed by atoms with Crippen LogP contribution in [0.2, 0.25) is 5.02 Å². The predicted octanol–water partition coefficient (Wildman–Crippen LogP) is 4.01. The number of halogens is 1. The zero-order valence-corrected chi connectivity index (χ0v) is 13.8. The van der Waals surface area contributed by atoms with Crippen LogP contribution in [0, 0.1) is 0 Å². The summed E-state index contributed by atoms with van der Waals surface area (Å²) in [6, 6.07) is 12.8. The number of amides is 1. The fourth-order valence-electron chi connectivity index (χ4n) is 2.99. The Morgan fingerprint density at radius 1 is 1.29 bits per heavy atom. The quantitative estimate of drug-likeness (QED) is 0.721. The van der Waals surface area contributed by atoms with Gasteiger partial charge >= 0.3 is 0 Å². The van der Waals surface area contributed by atoms with Gasteiger partial charge in [-0.2, -0.15) is 0 Å². The summed E-state index contributed by atoms with van der Waals surface area (Å²) < 4.78 is 11.0. The van der Waals surface area contributed by atoms with Crippen LogP contribution in [0.15, 0.2) is 46.9 Å². The number of methoxy groups -OCH3 is 1. The molecule has 2 heterocycles. The summed E-state index contributed by atoms with van der Waals surface area (Å²) in [6.45, 7) is 0.534. The van der Waals surface area contributed by atoms with Crippen molar-refractivity contribution in [1.82, 2.24) is 4.98 Å². The average Bonchev–Trinajstić information content (AvgIpc) is 3.17. The summed E-state index contributed by atoms with van der Waals surface area (Å²) in [7, 11) is 1.61. The first-order chi connectivity index (χ1) is 11.6. The number of oxazole rings is 1. The van der Waals surface area contributed by atoms with Crippen molar-refractivity contribution >= 4 is 34.3 Å². The Morgan fingerprint density at radius 2 is 2.17 bits per heavy atom. The molecule has 0 saturated carbocycles. The van der Waals surface area contributed by atoms with Crippen LogP contribution in [0.1, 0.15) is 18.2 Å². The minimum absolute atomic E-state index is 0.0496. The van der Waals surface area contributed by atoms with Gasteiger partial charge in [-0.25, -0.2) is 4.98 Å². The van der Waals surface area contributed by atoms with Crippen molar-refractivity contribution in [3.05, 3.63) is 53.4 Å². The molecule has 1 saturated heterocycles. The van der Waals surface area contributed by atoms with Crippen molar-refractivity contribution in [1.29, 1.82) is 0 Å². The average molecular weight is 343 g/mol. The van der Waals surface area contributed by atoms with Crippen LogP contribution in [-0.4, -0.2) is 24.5 Å². The number of carbonyl (C=O) groups is 1. The highest BCUT2D eigenvalue weighted by Crippen LogP contribution is 2.34. The number of benzene rings is 2. The fourth-order valence-corrected chi connectivity index (χ4v) is 3.16. The number of ether oxygens (including phenoxy) is 1. The largest absolute Gasteiger partial charge is 0.497 e. The summed E-state index contributed by atoms with van der Waals surface area (Å²) in [5, 5.41) is 0.614. The van der Waals surface area contributed by atoms with Gasteiger partial charge in [-0.1, -0.05) is 17.7 Å². The van der Waals surface area contributed by atoms with E-state index >= 15 is 0 Å². The molecule has 0 radical (unpaired) electrons. The lowest BCUT2D eigenvalue weighted by Gasteiger charge is -2.16. The summed E-state index contributed by atoms with van der Waals surface area (Å²) in [6.07, 6.45) is 0.373.